The normalized spacial score (nSPS) is 20.6. The van der Waals surface area contributed by atoms with E-state index in [1.54, 1.807) is 0 Å². The van der Waals surface area contributed by atoms with Crippen LogP contribution in [-0.2, 0) is 11.3 Å². The molecule has 1 aromatic carbocycles. The Morgan fingerprint density at radius 1 is 1.42 bits per heavy atom. The summed E-state index contributed by atoms with van der Waals surface area (Å²) in [6.45, 7) is 7.97. The maximum Gasteiger partial charge on any atom is 0.0635 e. The Balaban J connectivity index is 1.93. The molecule has 1 heterocycles. The van der Waals surface area contributed by atoms with Gasteiger partial charge in [-0.2, -0.15) is 0 Å². The molecule has 2 rings (SSSR count). The van der Waals surface area contributed by atoms with E-state index in [1.165, 1.54) is 16.5 Å². The van der Waals surface area contributed by atoms with E-state index >= 15 is 0 Å². The Bertz CT molecular complexity index is 386. The maximum absolute atomic E-state index is 5.62. The summed E-state index contributed by atoms with van der Waals surface area (Å²) in [5.74, 6) is 0. The zero-order chi connectivity index (χ0) is 13.5. The first kappa shape index (κ1) is 15.0. The van der Waals surface area contributed by atoms with Gasteiger partial charge in [-0.25, -0.2) is 0 Å². The number of rotatable bonds is 6. The first-order valence-corrected chi connectivity index (χ1v) is 7.86. The number of hydrogen-bond acceptors (Lipinski definition) is 3. The van der Waals surface area contributed by atoms with E-state index in [4.69, 9.17) is 4.74 Å². The van der Waals surface area contributed by atoms with Gasteiger partial charge in [0, 0.05) is 30.1 Å². The second kappa shape index (κ2) is 8.00. The lowest BCUT2D eigenvalue weighted by Gasteiger charge is -2.36. The van der Waals surface area contributed by atoms with Crippen LogP contribution in [-0.4, -0.2) is 43.8 Å². The number of morpholine rings is 1. The maximum atomic E-state index is 5.62. The third-order valence-electron chi connectivity index (χ3n) is 3.49. The molecule has 1 aliphatic heterocycles. The predicted molar refractivity (Wildman–Crippen MR) is 82.3 cm³/mol. The first-order valence-electron chi connectivity index (χ1n) is 7.07. The highest BCUT2D eigenvalue weighted by atomic mass is 79.9. The van der Waals surface area contributed by atoms with Crippen LogP contribution >= 0.6 is 15.9 Å². The van der Waals surface area contributed by atoms with Crippen LogP contribution in [0, 0.1) is 0 Å². The highest BCUT2D eigenvalue weighted by Crippen LogP contribution is 2.20. The topological polar surface area (TPSA) is 24.5 Å². The molecule has 0 aromatic heterocycles. The molecule has 0 aliphatic carbocycles. The molecule has 4 heteroatoms. The summed E-state index contributed by atoms with van der Waals surface area (Å²) in [6.07, 6.45) is 1.18. The molecule has 0 amide bonds. The van der Waals surface area contributed by atoms with E-state index in [0.717, 1.165) is 39.4 Å². The average molecular weight is 327 g/mol. The monoisotopic (exact) mass is 326 g/mol. The molecule has 0 bridgehead atoms. The van der Waals surface area contributed by atoms with Crippen molar-refractivity contribution >= 4 is 15.9 Å². The molecule has 1 fully saturated rings. The van der Waals surface area contributed by atoms with Gasteiger partial charge in [0.05, 0.1) is 13.2 Å². The Kier molecular flexibility index (Phi) is 6.31. The van der Waals surface area contributed by atoms with Crippen molar-refractivity contribution in [1.82, 2.24) is 10.2 Å². The SMILES string of the molecule is CCCNCC1COCCN1Cc1ccccc1Br. The fourth-order valence-electron chi connectivity index (χ4n) is 2.38. The second-order valence-corrected chi connectivity index (χ2v) is 5.85. The molecule has 1 atom stereocenters. The van der Waals surface area contributed by atoms with Crippen LogP contribution in [0.3, 0.4) is 0 Å². The van der Waals surface area contributed by atoms with Crippen molar-refractivity contribution in [2.24, 2.45) is 0 Å². The van der Waals surface area contributed by atoms with Gasteiger partial charge in [0.1, 0.15) is 0 Å². The molecule has 1 saturated heterocycles. The minimum absolute atomic E-state index is 0.479. The van der Waals surface area contributed by atoms with Gasteiger partial charge in [-0.1, -0.05) is 41.1 Å². The summed E-state index contributed by atoms with van der Waals surface area (Å²) < 4.78 is 6.81. The molecule has 1 N–H and O–H groups in total. The Morgan fingerprint density at radius 3 is 3.05 bits per heavy atom. The quantitative estimate of drug-likeness (QED) is 0.813. The van der Waals surface area contributed by atoms with Crippen LogP contribution in [0.2, 0.25) is 0 Å². The van der Waals surface area contributed by atoms with Gasteiger partial charge < -0.3 is 10.1 Å². The van der Waals surface area contributed by atoms with Crippen molar-refractivity contribution < 1.29 is 4.74 Å². The lowest BCUT2D eigenvalue weighted by Crippen LogP contribution is -2.49. The molecular weight excluding hydrogens is 304 g/mol. The van der Waals surface area contributed by atoms with E-state index in [-0.39, 0.29) is 0 Å². The molecular formula is C15H23BrN2O. The number of halogens is 1. The van der Waals surface area contributed by atoms with Crippen LogP contribution in [0.1, 0.15) is 18.9 Å². The Morgan fingerprint density at radius 2 is 2.26 bits per heavy atom. The summed E-state index contributed by atoms with van der Waals surface area (Å²) in [5, 5.41) is 3.50. The molecule has 1 unspecified atom stereocenters. The lowest BCUT2D eigenvalue weighted by molar-refractivity contribution is -0.0109. The van der Waals surface area contributed by atoms with Crippen LogP contribution in [0.4, 0.5) is 0 Å². The first-order chi connectivity index (χ1) is 9.31. The summed E-state index contributed by atoms with van der Waals surface area (Å²) in [4.78, 5) is 2.52. The van der Waals surface area contributed by atoms with Gasteiger partial charge in [-0.05, 0) is 24.6 Å². The van der Waals surface area contributed by atoms with Gasteiger partial charge in [0.15, 0.2) is 0 Å². The summed E-state index contributed by atoms with van der Waals surface area (Å²) in [5.41, 5.74) is 1.35. The highest BCUT2D eigenvalue weighted by Gasteiger charge is 2.23. The lowest BCUT2D eigenvalue weighted by atomic mass is 10.1. The predicted octanol–water partition coefficient (Wildman–Crippen LogP) is 2.65. The third kappa shape index (κ3) is 4.56. The Labute approximate surface area is 124 Å². The van der Waals surface area contributed by atoms with Crippen molar-refractivity contribution in [2.75, 3.05) is 32.8 Å². The Hall–Kier alpha value is -0.420. The zero-order valence-electron chi connectivity index (χ0n) is 11.6. The largest absolute Gasteiger partial charge is 0.378 e. The number of nitrogens with zero attached hydrogens (tertiary/aromatic N) is 1. The highest BCUT2D eigenvalue weighted by molar-refractivity contribution is 9.10. The van der Waals surface area contributed by atoms with Gasteiger partial charge in [0.25, 0.3) is 0 Å². The van der Waals surface area contributed by atoms with Gasteiger partial charge in [-0.3, -0.25) is 4.90 Å². The third-order valence-corrected chi connectivity index (χ3v) is 4.26. The molecule has 0 radical (unpaired) electrons. The van der Waals surface area contributed by atoms with Crippen molar-refractivity contribution in [1.29, 1.82) is 0 Å². The minimum Gasteiger partial charge on any atom is -0.378 e. The fraction of sp³-hybridized carbons (Fsp3) is 0.600. The number of hydrogen-bond donors (Lipinski definition) is 1. The average Bonchev–Trinajstić information content (AvgIpc) is 2.43. The van der Waals surface area contributed by atoms with Crippen LogP contribution in [0.15, 0.2) is 28.7 Å². The molecule has 3 nitrogen and oxygen atoms in total. The van der Waals surface area contributed by atoms with Crippen molar-refractivity contribution in [3.05, 3.63) is 34.3 Å². The van der Waals surface area contributed by atoms with Gasteiger partial charge >= 0.3 is 0 Å². The smallest absolute Gasteiger partial charge is 0.0635 e. The molecule has 0 spiro atoms. The van der Waals surface area contributed by atoms with Crippen molar-refractivity contribution in [3.8, 4) is 0 Å². The van der Waals surface area contributed by atoms with E-state index in [9.17, 15) is 0 Å². The van der Waals surface area contributed by atoms with Crippen LogP contribution in [0.5, 0.6) is 0 Å². The number of ether oxygens (including phenoxy) is 1. The summed E-state index contributed by atoms with van der Waals surface area (Å²) >= 11 is 3.63. The van der Waals surface area contributed by atoms with E-state index in [0.29, 0.717) is 6.04 Å². The number of benzene rings is 1. The number of nitrogens with one attached hydrogen (secondary N) is 1. The molecule has 1 aromatic rings. The van der Waals surface area contributed by atoms with Gasteiger partial charge in [-0.15, -0.1) is 0 Å². The van der Waals surface area contributed by atoms with Crippen molar-refractivity contribution in [2.45, 2.75) is 25.9 Å². The van der Waals surface area contributed by atoms with Crippen LogP contribution in [0.25, 0.3) is 0 Å². The molecule has 0 saturated carbocycles. The minimum atomic E-state index is 0.479. The molecule has 106 valence electrons. The van der Waals surface area contributed by atoms with E-state index in [2.05, 4.69) is 57.3 Å². The van der Waals surface area contributed by atoms with E-state index in [1.807, 2.05) is 0 Å². The standard InChI is InChI=1S/C15H23BrN2O/c1-2-7-17-10-14-12-19-9-8-18(14)11-13-5-3-4-6-15(13)16/h3-6,14,17H,2,7-12H2,1H3. The summed E-state index contributed by atoms with van der Waals surface area (Å²) in [7, 11) is 0. The van der Waals surface area contributed by atoms with E-state index < -0.39 is 0 Å². The second-order valence-electron chi connectivity index (χ2n) is 4.99. The molecule has 19 heavy (non-hydrogen) atoms. The van der Waals surface area contributed by atoms with Crippen LogP contribution < -0.4 is 5.32 Å². The zero-order valence-corrected chi connectivity index (χ0v) is 13.2. The van der Waals surface area contributed by atoms with Crippen molar-refractivity contribution in [3.63, 3.8) is 0 Å². The summed E-state index contributed by atoms with van der Waals surface area (Å²) in [6, 6.07) is 8.95. The van der Waals surface area contributed by atoms with Gasteiger partial charge in [0.2, 0.25) is 0 Å². The fourth-order valence-corrected chi connectivity index (χ4v) is 2.79. The molecule has 1 aliphatic rings.